The molecule has 4 heteroatoms. The number of hydrogen-bond donors (Lipinski definition) is 1. The molecular weight excluding hydrogens is 212 g/mol. The van der Waals surface area contributed by atoms with E-state index in [9.17, 15) is 0 Å². The van der Waals surface area contributed by atoms with Crippen molar-refractivity contribution in [2.24, 2.45) is 5.92 Å². The van der Waals surface area contributed by atoms with Gasteiger partial charge in [-0.1, -0.05) is 0 Å². The molecule has 1 N–H and O–H groups in total. The lowest BCUT2D eigenvalue weighted by Crippen LogP contribution is -2.36. The maximum absolute atomic E-state index is 4.22. The Hall–Kier alpha value is -0.870. The molecule has 0 aromatic carbocycles. The van der Waals surface area contributed by atoms with E-state index >= 15 is 0 Å². The van der Waals surface area contributed by atoms with Crippen molar-refractivity contribution in [1.29, 1.82) is 0 Å². The molecule has 1 aliphatic rings. The largest absolute Gasteiger partial charge is 0.334 e. The molecule has 17 heavy (non-hydrogen) atoms. The Labute approximate surface area is 104 Å². The fourth-order valence-electron chi connectivity index (χ4n) is 2.63. The summed E-state index contributed by atoms with van der Waals surface area (Å²) in [5.74, 6) is 0.812. The molecule has 1 aromatic heterocycles. The molecule has 2 heterocycles. The number of imidazole rings is 1. The minimum atomic E-state index is 0.812. The summed E-state index contributed by atoms with van der Waals surface area (Å²) in [6.45, 7) is 7.73. The second kappa shape index (κ2) is 6.17. The van der Waals surface area contributed by atoms with Crippen LogP contribution in [0.15, 0.2) is 12.5 Å². The first-order valence-corrected chi connectivity index (χ1v) is 6.68. The summed E-state index contributed by atoms with van der Waals surface area (Å²) in [5.41, 5.74) is 1.32. The highest BCUT2D eigenvalue weighted by atomic mass is 15.1. The third kappa shape index (κ3) is 3.54. The van der Waals surface area contributed by atoms with Gasteiger partial charge in [-0.05, 0) is 45.8 Å². The van der Waals surface area contributed by atoms with Crippen LogP contribution in [0.25, 0.3) is 0 Å². The first-order valence-electron chi connectivity index (χ1n) is 6.68. The van der Waals surface area contributed by atoms with E-state index in [0.717, 1.165) is 19.0 Å². The first-order chi connectivity index (χ1) is 8.29. The number of piperidine rings is 1. The van der Waals surface area contributed by atoms with E-state index < -0.39 is 0 Å². The van der Waals surface area contributed by atoms with Gasteiger partial charge in [-0.15, -0.1) is 0 Å². The zero-order chi connectivity index (χ0) is 12.1. The Morgan fingerprint density at radius 3 is 3.18 bits per heavy atom. The molecule has 1 saturated heterocycles. The van der Waals surface area contributed by atoms with Gasteiger partial charge in [-0.25, -0.2) is 4.98 Å². The lowest BCUT2D eigenvalue weighted by molar-refractivity contribution is 0.233. The van der Waals surface area contributed by atoms with Crippen LogP contribution in [-0.4, -0.2) is 41.1 Å². The summed E-state index contributed by atoms with van der Waals surface area (Å²) in [5, 5.41) is 3.48. The minimum absolute atomic E-state index is 0.812. The molecule has 1 atom stereocenters. The van der Waals surface area contributed by atoms with Crippen LogP contribution in [0.3, 0.4) is 0 Å². The fourth-order valence-corrected chi connectivity index (χ4v) is 2.63. The normalized spacial score (nSPS) is 21.0. The number of rotatable bonds is 5. The maximum atomic E-state index is 4.22. The standard InChI is InChI=1S/C13H24N4/c1-3-17-11-15-8-13(17)10-16(2)9-12-5-4-6-14-7-12/h8,11-12,14H,3-7,9-10H2,1-2H3. The smallest absolute Gasteiger partial charge is 0.0948 e. The van der Waals surface area contributed by atoms with Crippen LogP contribution in [0.4, 0.5) is 0 Å². The quantitative estimate of drug-likeness (QED) is 0.837. The van der Waals surface area contributed by atoms with Crippen LogP contribution in [-0.2, 0) is 13.1 Å². The van der Waals surface area contributed by atoms with Gasteiger partial charge in [0.05, 0.1) is 12.0 Å². The Morgan fingerprint density at radius 2 is 2.47 bits per heavy atom. The van der Waals surface area contributed by atoms with E-state index in [1.165, 1.54) is 38.2 Å². The van der Waals surface area contributed by atoms with Crippen LogP contribution >= 0.6 is 0 Å². The van der Waals surface area contributed by atoms with Crippen molar-refractivity contribution >= 4 is 0 Å². The minimum Gasteiger partial charge on any atom is -0.334 e. The Morgan fingerprint density at radius 1 is 1.59 bits per heavy atom. The Balaban J connectivity index is 1.82. The third-order valence-electron chi connectivity index (χ3n) is 3.54. The van der Waals surface area contributed by atoms with Crippen LogP contribution < -0.4 is 5.32 Å². The lowest BCUT2D eigenvalue weighted by Gasteiger charge is -2.27. The van der Waals surface area contributed by atoms with Crippen molar-refractivity contribution in [2.45, 2.75) is 32.9 Å². The highest BCUT2D eigenvalue weighted by molar-refractivity contribution is 4.98. The van der Waals surface area contributed by atoms with Crippen molar-refractivity contribution in [3.8, 4) is 0 Å². The monoisotopic (exact) mass is 236 g/mol. The van der Waals surface area contributed by atoms with E-state index in [-0.39, 0.29) is 0 Å². The van der Waals surface area contributed by atoms with Gasteiger partial charge in [-0.3, -0.25) is 0 Å². The van der Waals surface area contributed by atoms with E-state index in [1.54, 1.807) is 0 Å². The second-order valence-corrected chi connectivity index (χ2v) is 5.08. The van der Waals surface area contributed by atoms with Gasteiger partial charge in [-0.2, -0.15) is 0 Å². The van der Waals surface area contributed by atoms with Crippen LogP contribution in [0.1, 0.15) is 25.5 Å². The van der Waals surface area contributed by atoms with Gasteiger partial charge in [0.15, 0.2) is 0 Å². The summed E-state index contributed by atoms with van der Waals surface area (Å²) in [6.07, 6.45) is 6.60. The average molecular weight is 236 g/mol. The predicted octanol–water partition coefficient (Wildman–Crippen LogP) is 1.33. The Kier molecular flexibility index (Phi) is 4.57. The molecule has 0 aliphatic carbocycles. The topological polar surface area (TPSA) is 33.1 Å². The molecule has 1 fully saturated rings. The lowest BCUT2D eigenvalue weighted by atomic mass is 9.99. The number of aryl methyl sites for hydroxylation is 1. The fraction of sp³-hybridized carbons (Fsp3) is 0.769. The van der Waals surface area contributed by atoms with Crippen molar-refractivity contribution in [2.75, 3.05) is 26.7 Å². The second-order valence-electron chi connectivity index (χ2n) is 5.08. The van der Waals surface area contributed by atoms with Crippen molar-refractivity contribution in [3.05, 3.63) is 18.2 Å². The van der Waals surface area contributed by atoms with Crippen LogP contribution in [0, 0.1) is 5.92 Å². The summed E-state index contributed by atoms with van der Waals surface area (Å²) < 4.78 is 2.22. The Bertz CT molecular complexity index is 328. The zero-order valence-electron chi connectivity index (χ0n) is 11.0. The van der Waals surface area contributed by atoms with Crippen molar-refractivity contribution in [3.63, 3.8) is 0 Å². The van der Waals surface area contributed by atoms with E-state index in [2.05, 4.69) is 33.7 Å². The molecule has 0 radical (unpaired) electrons. The number of hydrogen-bond acceptors (Lipinski definition) is 3. The molecule has 0 bridgehead atoms. The molecule has 2 rings (SSSR count). The van der Waals surface area contributed by atoms with E-state index in [4.69, 9.17) is 0 Å². The van der Waals surface area contributed by atoms with Crippen LogP contribution in [0.2, 0.25) is 0 Å². The van der Waals surface area contributed by atoms with Gasteiger partial charge in [0.25, 0.3) is 0 Å². The molecule has 0 amide bonds. The summed E-state index contributed by atoms with van der Waals surface area (Å²) in [4.78, 5) is 6.63. The zero-order valence-corrected chi connectivity index (χ0v) is 11.0. The summed E-state index contributed by atoms with van der Waals surface area (Å²) in [7, 11) is 2.21. The average Bonchev–Trinajstić information content (AvgIpc) is 2.77. The van der Waals surface area contributed by atoms with Gasteiger partial charge in [0.2, 0.25) is 0 Å². The van der Waals surface area contributed by atoms with Gasteiger partial charge >= 0.3 is 0 Å². The maximum Gasteiger partial charge on any atom is 0.0948 e. The molecular formula is C13H24N4. The highest BCUT2D eigenvalue weighted by Gasteiger charge is 2.15. The SMILES string of the molecule is CCn1cncc1CN(C)CC1CCCNC1. The molecule has 1 aliphatic heterocycles. The number of nitrogens with zero attached hydrogens (tertiary/aromatic N) is 3. The third-order valence-corrected chi connectivity index (χ3v) is 3.54. The van der Waals surface area contributed by atoms with Gasteiger partial charge < -0.3 is 14.8 Å². The number of nitrogens with one attached hydrogen (secondary N) is 1. The molecule has 96 valence electrons. The predicted molar refractivity (Wildman–Crippen MR) is 69.8 cm³/mol. The van der Waals surface area contributed by atoms with E-state index in [0.29, 0.717) is 0 Å². The van der Waals surface area contributed by atoms with Crippen LogP contribution in [0.5, 0.6) is 0 Å². The van der Waals surface area contributed by atoms with Gasteiger partial charge in [0.1, 0.15) is 0 Å². The highest BCUT2D eigenvalue weighted by Crippen LogP contribution is 2.12. The van der Waals surface area contributed by atoms with Crippen molar-refractivity contribution in [1.82, 2.24) is 19.8 Å². The molecule has 4 nitrogen and oxygen atoms in total. The summed E-state index contributed by atoms with van der Waals surface area (Å²) >= 11 is 0. The number of aromatic nitrogens is 2. The van der Waals surface area contributed by atoms with Gasteiger partial charge in [0, 0.05) is 25.8 Å². The molecule has 1 aromatic rings. The molecule has 0 saturated carbocycles. The molecule has 0 spiro atoms. The first kappa shape index (κ1) is 12.6. The summed E-state index contributed by atoms with van der Waals surface area (Å²) in [6, 6.07) is 0. The molecule has 1 unspecified atom stereocenters. The van der Waals surface area contributed by atoms with Crippen molar-refractivity contribution < 1.29 is 0 Å². The van der Waals surface area contributed by atoms with E-state index in [1.807, 2.05) is 12.5 Å².